The van der Waals surface area contributed by atoms with E-state index in [1.165, 1.54) is 0 Å². The summed E-state index contributed by atoms with van der Waals surface area (Å²) in [4.78, 5) is 4.39. The molecular formula is C12H17NOS. The van der Waals surface area contributed by atoms with E-state index in [0.717, 1.165) is 23.5 Å². The van der Waals surface area contributed by atoms with Gasteiger partial charge < -0.3 is 5.11 Å². The van der Waals surface area contributed by atoms with Gasteiger partial charge >= 0.3 is 0 Å². The fraction of sp³-hybridized carbons (Fsp3) is 0.583. The van der Waals surface area contributed by atoms with E-state index in [2.05, 4.69) is 18.0 Å². The van der Waals surface area contributed by atoms with E-state index in [0.29, 0.717) is 12.3 Å². The lowest BCUT2D eigenvalue weighted by Crippen LogP contribution is -2.31. The first-order valence-electron chi connectivity index (χ1n) is 5.40. The van der Waals surface area contributed by atoms with Gasteiger partial charge in [0.1, 0.15) is 0 Å². The van der Waals surface area contributed by atoms with Crippen LogP contribution in [0, 0.1) is 12.8 Å². The Labute approximate surface area is 94.7 Å². The SMILES string of the molecule is Cc1csc(CC2(O)C=CC(C)CC2)n1. The molecule has 2 nitrogen and oxygen atoms in total. The quantitative estimate of drug-likeness (QED) is 0.782. The van der Waals surface area contributed by atoms with Gasteiger partial charge in [0.25, 0.3) is 0 Å². The highest BCUT2D eigenvalue weighted by Crippen LogP contribution is 2.29. The molecule has 3 heteroatoms. The van der Waals surface area contributed by atoms with Crippen LogP contribution in [-0.2, 0) is 6.42 Å². The molecule has 0 fully saturated rings. The standard InChI is InChI=1S/C12H17NOS/c1-9-3-5-12(14,6-4-9)7-11-13-10(2)8-15-11/h3,5,8-9,14H,4,6-7H2,1-2H3. The Bertz CT molecular complexity index is 371. The van der Waals surface area contributed by atoms with Crippen molar-refractivity contribution in [2.24, 2.45) is 5.92 Å². The Morgan fingerprint density at radius 3 is 3.00 bits per heavy atom. The number of nitrogens with zero attached hydrogens (tertiary/aromatic N) is 1. The highest BCUT2D eigenvalue weighted by Gasteiger charge is 2.28. The third-order valence-corrected chi connectivity index (χ3v) is 3.86. The van der Waals surface area contributed by atoms with E-state index >= 15 is 0 Å². The van der Waals surface area contributed by atoms with Crippen molar-refractivity contribution < 1.29 is 5.11 Å². The number of aliphatic hydroxyl groups is 1. The Morgan fingerprint density at radius 2 is 2.47 bits per heavy atom. The second-order valence-corrected chi connectivity index (χ2v) is 5.48. The van der Waals surface area contributed by atoms with Gasteiger partial charge in [-0.05, 0) is 25.7 Å². The minimum absolute atomic E-state index is 0.600. The van der Waals surface area contributed by atoms with Crippen LogP contribution in [0.2, 0.25) is 0 Å². The number of thiazole rings is 1. The third-order valence-electron chi connectivity index (χ3n) is 2.89. The van der Waals surface area contributed by atoms with Crippen LogP contribution in [0.3, 0.4) is 0 Å². The summed E-state index contributed by atoms with van der Waals surface area (Å²) in [5, 5.41) is 13.4. The van der Waals surface area contributed by atoms with Crippen LogP contribution >= 0.6 is 11.3 Å². The molecule has 15 heavy (non-hydrogen) atoms. The van der Waals surface area contributed by atoms with Crippen molar-refractivity contribution in [3.8, 4) is 0 Å². The first kappa shape index (κ1) is 10.8. The van der Waals surface area contributed by atoms with Crippen molar-refractivity contribution >= 4 is 11.3 Å². The fourth-order valence-corrected chi connectivity index (χ4v) is 2.78. The van der Waals surface area contributed by atoms with Crippen molar-refractivity contribution in [1.82, 2.24) is 4.98 Å². The third kappa shape index (κ3) is 2.67. The molecule has 1 heterocycles. The van der Waals surface area contributed by atoms with Gasteiger partial charge in [0, 0.05) is 17.5 Å². The zero-order chi connectivity index (χ0) is 10.9. The molecule has 1 aromatic heterocycles. The van der Waals surface area contributed by atoms with Crippen molar-refractivity contribution in [3.05, 3.63) is 28.2 Å². The number of aryl methyl sites for hydroxylation is 1. The predicted molar refractivity (Wildman–Crippen MR) is 63.0 cm³/mol. The Hall–Kier alpha value is -0.670. The smallest absolute Gasteiger partial charge is 0.0960 e. The van der Waals surface area contributed by atoms with Crippen LogP contribution < -0.4 is 0 Å². The van der Waals surface area contributed by atoms with Gasteiger partial charge in [0.15, 0.2) is 0 Å². The van der Waals surface area contributed by atoms with Crippen molar-refractivity contribution in [1.29, 1.82) is 0 Å². The van der Waals surface area contributed by atoms with Gasteiger partial charge in [-0.1, -0.05) is 19.1 Å². The molecule has 1 aromatic rings. The van der Waals surface area contributed by atoms with Crippen LogP contribution in [0.5, 0.6) is 0 Å². The first-order valence-corrected chi connectivity index (χ1v) is 6.28. The molecule has 0 radical (unpaired) electrons. The maximum Gasteiger partial charge on any atom is 0.0960 e. The monoisotopic (exact) mass is 223 g/mol. The molecule has 0 amide bonds. The number of aromatic nitrogens is 1. The minimum Gasteiger partial charge on any atom is -0.385 e. The molecule has 2 rings (SSSR count). The van der Waals surface area contributed by atoms with E-state index in [-0.39, 0.29) is 0 Å². The van der Waals surface area contributed by atoms with E-state index in [1.54, 1.807) is 11.3 Å². The summed E-state index contributed by atoms with van der Waals surface area (Å²) in [6.07, 6.45) is 6.65. The van der Waals surface area contributed by atoms with Crippen LogP contribution in [0.15, 0.2) is 17.5 Å². The number of rotatable bonds is 2. The summed E-state index contributed by atoms with van der Waals surface area (Å²) in [7, 11) is 0. The molecule has 2 atom stereocenters. The normalized spacial score (nSPS) is 30.7. The van der Waals surface area contributed by atoms with E-state index < -0.39 is 5.60 Å². The summed E-state index contributed by atoms with van der Waals surface area (Å²) in [5.41, 5.74) is 0.392. The summed E-state index contributed by atoms with van der Waals surface area (Å²) < 4.78 is 0. The highest BCUT2D eigenvalue weighted by molar-refractivity contribution is 7.09. The Balaban J connectivity index is 2.08. The van der Waals surface area contributed by atoms with Gasteiger partial charge in [-0.15, -0.1) is 11.3 Å². The molecule has 1 aliphatic carbocycles. The van der Waals surface area contributed by atoms with E-state index in [4.69, 9.17) is 0 Å². The predicted octanol–water partition coefficient (Wildman–Crippen LogP) is 2.71. The number of allylic oxidation sites excluding steroid dienone is 1. The van der Waals surface area contributed by atoms with E-state index in [9.17, 15) is 5.11 Å². The molecule has 0 saturated heterocycles. The summed E-state index contributed by atoms with van der Waals surface area (Å²) >= 11 is 1.64. The lowest BCUT2D eigenvalue weighted by atomic mass is 9.84. The maximum atomic E-state index is 10.3. The average Bonchev–Trinajstić information content (AvgIpc) is 2.57. The van der Waals surface area contributed by atoms with Crippen molar-refractivity contribution in [2.45, 2.75) is 38.7 Å². The number of hydrogen-bond donors (Lipinski definition) is 1. The molecule has 0 aliphatic heterocycles. The van der Waals surface area contributed by atoms with Gasteiger partial charge in [-0.3, -0.25) is 0 Å². The van der Waals surface area contributed by atoms with Crippen LogP contribution in [0.4, 0.5) is 0 Å². The molecule has 0 bridgehead atoms. The van der Waals surface area contributed by atoms with Crippen molar-refractivity contribution in [3.63, 3.8) is 0 Å². The maximum absolute atomic E-state index is 10.3. The highest BCUT2D eigenvalue weighted by atomic mass is 32.1. The summed E-state index contributed by atoms with van der Waals surface area (Å²) in [5.74, 6) is 0.600. The zero-order valence-electron chi connectivity index (χ0n) is 9.23. The second kappa shape index (κ2) is 4.06. The lowest BCUT2D eigenvalue weighted by Gasteiger charge is -2.28. The second-order valence-electron chi connectivity index (χ2n) is 4.54. The molecular weight excluding hydrogens is 206 g/mol. The first-order chi connectivity index (χ1) is 7.07. The molecule has 82 valence electrons. The topological polar surface area (TPSA) is 33.1 Å². The molecule has 1 N–H and O–H groups in total. The van der Waals surface area contributed by atoms with Gasteiger partial charge in [0.05, 0.1) is 10.6 Å². The lowest BCUT2D eigenvalue weighted by molar-refractivity contribution is 0.0699. The van der Waals surface area contributed by atoms with Crippen LogP contribution in [0.1, 0.15) is 30.5 Å². The van der Waals surface area contributed by atoms with Crippen LogP contribution in [0.25, 0.3) is 0 Å². The summed E-state index contributed by atoms with van der Waals surface area (Å²) in [6.45, 7) is 4.17. The van der Waals surface area contributed by atoms with Crippen molar-refractivity contribution in [2.75, 3.05) is 0 Å². The summed E-state index contributed by atoms with van der Waals surface area (Å²) in [6, 6.07) is 0. The number of hydrogen-bond acceptors (Lipinski definition) is 3. The minimum atomic E-state index is -0.656. The van der Waals surface area contributed by atoms with Gasteiger partial charge in [0.2, 0.25) is 0 Å². The average molecular weight is 223 g/mol. The molecule has 1 aliphatic rings. The van der Waals surface area contributed by atoms with E-state index in [1.807, 2.05) is 18.4 Å². The Morgan fingerprint density at radius 1 is 1.67 bits per heavy atom. The Kier molecular flexibility index (Phi) is 2.94. The zero-order valence-corrected chi connectivity index (χ0v) is 10.0. The fourth-order valence-electron chi connectivity index (χ4n) is 1.89. The molecule has 0 saturated carbocycles. The van der Waals surface area contributed by atoms with Gasteiger partial charge in [-0.25, -0.2) is 4.98 Å². The molecule has 2 unspecified atom stereocenters. The van der Waals surface area contributed by atoms with Crippen LogP contribution in [-0.4, -0.2) is 15.7 Å². The van der Waals surface area contributed by atoms with Gasteiger partial charge in [-0.2, -0.15) is 0 Å². The molecule has 0 aromatic carbocycles. The largest absolute Gasteiger partial charge is 0.385 e. The molecule has 0 spiro atoms.